The van der Waals surface area contributed by atoms with Crippen LogP contribution in [0.25, 0.3) is 0 Å². The van der Waals surface area contributed by atoms with Crippen molar-refractivity contribution in [1.82, 2.24) is 0 Å². The molecule has 0 rings (SSSR count). The summed E-state index contributed by atoms with van der Waals surface area (Å²) in [5.74, 6) is -14.5. The van der Waals surface area contributed by atoms with Crippen LogP contribution in [0.4, 0.5) is 30.7 Å². The van der Waals surface area contributed by atoms with Gasteiger partial charge in [-0.3, -0.25) is 0 Å². The van der Waals surface area contributed by atoms with E-state index in [1.165, 1.54) is 0 Å². The molecule has 0 aromatic rings. The van der Waals surface area contributed by atoms with E-state index >= 15 is 0 Å². The highest BCUT2D eigenvalue weighted by atomic mass is 19.4. The summed E-state index contributed by atoms with van der Waals surface area (Å²) < 4.78 is 85.4. The highest BCUT2D eigenvalue weighted by molar-refractivity contribution is 4.96. The van der Waals surface area contributed by atoms with Crippen molar-refractivity contribution < 1.29 is 40.9 Å². The van der Waals surface area contributed by atoms with Crippen LogP contribution in [0.1, 0.15) is 6.92 Å². The van der Waals surface area contributed by atoms with E-state index in [0.717, 1.165) is 0 Å². The maximum Gasteiger partial charge on any atom is 0.459 e. The van der Waals surface area contributed by atoms with Gasteiger partial charge in [-0.1, -0.05) is 6.92 Å². The summed E-state index contributed by atoms with van der Waals surface area (Å²) in [5.41, 5.74) is 0. The first-order valence-electron chi connectivity index (χ1n) is 4.00. The zero-order valence-electron chi connectivity index (χ0n) is 7.90. The summed E-state index contributed by atoms with van der Waals surface area (Å²) in [6.45, 7) is -1.05. The van der Waals surface area contributed by atoms with Gasteiger partial charge in [0.1, 0.15) is 0 Å². The molecule has 0 aliphatic rings. The zero-order valence-corrected chi connectivity index (χ0v) is 7.90. The Kier molecular flexibility index (Phi) is 4.21. The van der Waals surface area contributed by atoms with Crippen LogP contribution in [0, 0.1) is 5.92 Å². The molecule has 0 aromatic heterocycles. The maximum absolute atomic E-state index is 12.8. The summed E-state index contributed by atoms with van der Waals surface area (Å²) in [4.78, 5) is 0. The van der Waals surface area contributed by atoms with Crippen molar-refractivity contribution in [2.75, 3.05) is 6.61 Å². The Balaban J connectivity index is 5.19. The molecule has 2 N–H and O–H groups in total. The minimum absolute atomic E-state index is 0.292. The molecule has 2 atom stereocenters. The first-order valence-corrected chi connectivity index (χ1v) is 4.00. The molecule has 0 spiro atoms. The molecule has 0 amide bonds. The Morgan fingerprint density at radius 3 is 1.62 bits per heavy atom. The lowest BCUT2D eigenvalue weighted by Crippen LogP contribution is -2.57. The zero-order chi connectivity index (χ0) is 13.4. The Bertz CT molecular complexity index is 237. The molecule has 2 nitrogen and oxygen atoms in total. The van der Waals surface area contributed by atoms with E-state index in [0.29, 0.717) is 6.92 Å². The van der Waals surface area contributed by atoms with Gasteiger partial charge >= 0.3 is 18.0 Å². The quantitative estimate of drug-likeness (QED) is 0.755. The van der Waals surface area contributed by atoms with Crippen molar-refractivity contribution in [2.45, 2.75) is 31.0 Å². The van der Waals surface area contributed by atoms with Crippen LogP contribution in [0.5, 0.6) is 0 Å². The van der Waals surface area contributed by atoms with E-state index in [4.69, 9.17) is 10.2 Å². The van der Waals surface area contributed by atoms with Crippen molar-refractivity contribution in [2.24, 2.45) is 5.92 Å². The van der Waals surface area contributed by atoms with Crippen molar-refractivity contribution in [1.29, 1.82) is 0 Å². The van der Waals surface area contributed by atoms with E-state index in [1.54, 1.807) is 0 Å². The van der Waals surface area contributed by atoms with Crippen LogP contribution in [-0.4, -0.2) is 40.9 Å². The summed E-state index contributed by atoms with van der Waals surface area (Å²) in [7, 11) is 0. The van der Waals surface area contributed by atoms with E-state index < -0.39 is 36.7 Å². The third-order valence-corrected chi connectivity index (χ3v) is 2.11. The first-order chi connectivity index (χ1) is 6.89. The number of alkyl halides is 7. The maximum atomic E-state index is 12.8. The van der Waals surface area contributed by atoms with Crippen LogP contribution in [0.3, 0.4) is 0 Å². The standard InChI is InChI=1S/C7H9F7O2/c1-3(4(16)2-15)5(8,9)6(10,11)7(12,13)14/h3-4,15-16H,2H2,1H3. The van der Waals surface area contributed by atoms with Gasteiger partial charge in [0.2, 0.25) is 0 Å². The number of hydrogen-bond donors (Lipinski definition) is 2. The molecule has 2 unspecified atom stereocenters. The molecule has 0 aromatic carbocycles. The van der Waals surface area contributed by atoms with Crippen molar-refractivity contribution in [3.05, 3.63) is 0 Å². The van der Waals surface area contributed by atoms with Crippen molar-refractivity contribution in [3.63, 3.8) is 0 Å². The molecule has 16 heavy (non-hydrogen) atoms. The second kappa shape index (κ2) is 4.36. The number of aliphatic hydroxyl groups excluding tert-OH is 2. The number of rotatable bonds is 4. The molecule has 0 saturated carbocycles. The van der Waals surface area contributed by atoms with E-state index in [1.807, 2.05) is 0 Å². The summed E-state index contributed by atoms with van der Waals surface area (Å²) in [6.07, 6.45) is -8.80. The number of halogens is 7. The Labute approximate surface area is 85.7 Å². The number of aliphatic hydroxyl groups is 2. The lowest BCUT2D eigenvalue weighted by molar-refractivity contribution is -0.369. The molecule has 0 aliphatic heterocycles. The minimum atomic E-state index is -6.43. The third-order valence-electron chi connectivity index (χ3n) is 2.11. The molecule has 0 heterocycles. The highest BCUT2D eigenvalue weighted by Crippen LogP contribution is 2.50. The van der Waals surface area contributed by atoms with Crippen molar-refractivity contribution >= 4 is 0 Å². The fourth-order valence-electron chi connectivity index (χ4n) is 0.875. The molecule has 0 aliphatic carbocycles. The number of hydrogen-bond acceptors (Lipinski definition) is 2. The largest absolute Gasteiger partial charge is 0.459 e. The molecule has 0 saturated heterocycles. The molecule has 98 valence electrons. The highest BCUT2D eigenvalue weighted by Gasteiger charge is 2.75. The predicted molar refractivity (Wildman–Crippen MR) is 38.2 cm³/mol. The molecule has 9 heteroatoms. The normalized spacial score (nSPS) is 18.4. The monoisotopic (exact) mass is 258 g/mol. The summed E-state index contributed by atoms with van der Waals surface area (Å²) in [6, 6.07) is 0. The molecule has 0 bridgehead atoms. The first kappa shape index (κ1) is 15.4. The van der Waals surface area contributed by atoms with Crippen LogP contribution in [0.15, 0.2) is 0 Å². The average molecular weight is 258 g/mol. The Hall–Kier alpha value is -0.570. The lowest BCUT2D eigenvalue weighted by atomic mass is 9.92. The van der Waals surface area contributed by atoms with Gasteiger partial charge in [-0.15, -0.1) is 0 Å². The van der Waals surface area contributed by atoms with Gasteiger partial charge in [0.25, 0.3) is 0 Å². The van der Waals surface area contributed by atoms with Gasteiger partial charge in [0.15, 0.2) is 0 Å². The molecular formula is C7H9F7O2. The lowest BCUT2D eigenvalue weighted by Gasteiger charge is -2.33. The topological polar surface area (TPSA) is 40.5 Å². The fraction of sp³-hybridized carbons (Fsp3) is 1.00. The second-order valence-corrected chi connectivity index (χ2v) is 3.23. The van der Waals surface area contributed by atoms with Gasteiger partial charge in [-0.2, -0.15) is 30.7 Å². The minimum Gasteiger partial charge on any atom is -0.394 e. The second-order valence-electron chi connectivity index (χ2n) is 3.23. The van der Waals surface area contributed by atoms with Crippen LogP contribution < -0.4 is 0 Å². The molecule has 0 radical (unpaired) electrons. The SMILES string of the molecule is CC(C(O)CO)C(F)(F)C(F)(F)C(F)(F)F. The predicted octanol–water partition coefficient (Wildman–Crippen LogP) is 1.81. The molecule has 0 fully saturated rings. The Morgan fingerprint density at radius 2 is 1.38 bits per heavy atom. The van der Waals surface area contributed by atoms with Gasteiger partial charge in [-0.05, 0) is 0 Å². The third kappa shape index (κ3) is 2.40. The summed E-state index contributed by atoms with van der Waals surface area (Å²) >= 11 is 0. The fourth-order valence-corrected chi connectivity index (χ4v) is 0.875. The van der Waals surface area contributed by atoms with Crippen LogP contribution in [0.2, 0.25) is 0 Å². The summed E-state index contributed by atoms with van der Waals surface area (Å²) in [5, 5.41) is 16.9. The van der Waals surface area contributed by atoms with E-state index in [9.17, 15) is 30.7 Å². The van der Waals surface area contributed by atoms with Crippen LogP contribution in [-0.2, 0) is 0 Å². The van der Waals surface area contributed by atoms with Crippen LogP contribution >= 0.6 is 0 Å². The van der Waals surface area contributed by atoms with Crippen molar-refractivity contribution in [3.8, 4) is 0 Å². The van der Waals surface area contributed by atoms with E-state index in [-0.39, 0.29) is 0 Å². The smallest absolute Gasteiger partial charge is 0.394 e. The van der Waals surface area contributed by atoms with E-state index in [2.05, 4.69) is 0 Å². The van der Waals surface area contributed by atoms with Gasteiger partial charge in [0.05, 0.1) is 18.6 Å². The molecular weight excluding hydrogens is 249 g/mol. The van der Waals surface area contributed by atoms with Gasteiger partial charge < -0.3 is 10.2 Å². The Morgan fingerprint density at radius 1 is 1.00 bits per heavy atom. The average Bonchev–Trinajstić information content (AvgIpc) is 2.13. The van der Waals surface area contributed by atoms with Gasteiger partial charge in [0, 0.05) is 0 Å². The van der Waals surface area contributed by atoms with Gasteiger partial charge in [-0.25, -0.2) is 0 Å².